The Hall–Kier alpha value is -0.706. The van der Waals surface area contributed by atoms with Crippen LogP contribution >= 0.6 is 0 Å². The summed E-state index contributed by atoms with van der Waals surface area (Å²) >= 11 is 0. The normalized spacial score (nSPS) is 11.9. The Bertz CT molecular complexity index is 278. The molecule has 0 aromatic heterocycles. The van der Waals surface area contributed by atoms with Crippen LogP contribution in [0.25, 0.3) is 0 Å². The summed E-state index contributed by atoms with van der Waals surface area (Å²) < 4.78 is 17.1. The van der Waals surface area contributed by atoms with Crippen LogP contribution in [0.15, 0.2) is 0 Å². The molecular weight excluding hydrogens is 252 g/mol. The number of nitrogens with zero attached hydrogens (tertiary/aromatic N) is 2. The molecule has 0 bridgehead atoms. The zero-order valence-corrected chi connectivity index (χ0v) is 12.9. The molecule has 0 amide bonds. The molecule has 0 aliphatic carbocycles. The zero-order chi connectivity index (χ0) is 13.4. The lowest BCUT2D eigenvalue weighted by atomic mass is 10.5. The molecule has 17 heavy (non-hydrogen) atoms. The molecule has 0 saturated carbocycles. The third-order valence-corrected chi connectivity index (χ3v) is 7.55. The van der Waals surface area contributed by atoms with Crippen LogP contribution in [0.3, 0.4) is 0 Å². The summed E-state index contributed by atoms with van der Waals surface area (Å²) in [5, 5.41) is 16.9. The average Bonchev–Trinajstić information content (AvgIpc) is 2.16. The van der Waals surface area contributed by atoms with Gasteiger partial charge in [0, 0.05) is 13.2 Å². The maximum atomic E-state index is 8.44. The molecular formula is C10H20N2O3Si2. The Morgan fingerprint density at radius 1 is 0.824 bits per heavy atom. The molecule has 0 aliphatic rings. The van der Waals surface area contributed by atoms with E-state index in [1.165, 1.54) is 0 Å². The summed E-state index contributed by atoms with van der Waals surface area (Å²) in [5.41, 5.74) is 0. The maximum absolute atomic E-state index is 8.44. The number of hydrogen-bond donors (Lipinski definition) is 0. The van der Waals surface area contributed by atoms with Crippen molar-refractivity contribution in [2.45, 2.75) is 39.0 Å². The summed E-state index contributed by atoms with van der Waals surface area (Å²) in [6.07, 6.45) is 0.744. The second-order valence-electron chi connectivity index (χ2n) is 4.41. The Balaban J connectivity index is 4.09. The minimum Gasteiger partial charge on any atom is -0.415 e. The van der Waals surface area contributed by atoms with E-state index in [0.29, 0.717) is 26.1 Å². The van der Waals surface area contributed by atoms with Gasteiger partial charge in [0.1, 0.15) is 0 Å². The standard InChI is InChI=1S/C10H20N2O3Si2/c1-16(2,13-9-5-7-11)15-17(3,4)14-10-6-8-12/h5-6,9-10H2,1-4H3. The molecule has 0 aromatic carbocycles. The fourth-order valence-electron chi connectivity index (χ4n) is 1.34. The largest absolute Gasteiger partial charge is 0.415 e. The number of hydrogen-bond acceptors (Lipinski definition) is 5. The van der Waals surface area contributed by atoms with Crippen LogP contribution < -0.4 is 0 Å². The summed E-state index contributed by atoms with van der Waals surface area (Å²) in [7, 11) is -4.47. The van der Waals surface area contributed by atoms with Gasteiger partial charge in [-0.1, -0.05) is 0 Å². The van der Waals surface area contributed by atoms with Gasteiger partial charge in [0.2, 0.25) is 0 Å². The van der Waals surface area contributed by atoms with E-state index in [1.54, 1.807) is 0 Å². The first-order chi connectivity index (χ1) is 7.83. The lowest BCUT2D eigenvalue weighted by molar-refractivity contribution is 0.200. The van der Waals surface area contributed by atoms with Crippen molar-refractivity contribution in [3.63, 3.8) is 0 Å². The van der Waals surface area contributed by atoms with Crippen LogP contribution in [0.1, 0.15) is 12.8 Å². The third-order valence-electron chi connectivity index (χ3n) is 1.82. The van der Waals surface area contributed by atoms with Gasteiger partial charge in [-0.3, -0.25) is 0 Å². The molecule has 0 saturated heterocycles. The SMILES string of the molecule is C[Si](C)(OCCC#N)O[Si](C)(C)OCCC#N. The maximum Gasteiger partial charge on any atom is 0.322 e. The van der Waals surface area contributed by atoms with Crippen LogP contribution in [0.4, 0.5) is 0 Å². The molecule has 0 atom stereocenters. The molecule has 0 spiro atoms. The van der Waals surface area contributed by atoms with E-state index in [1.807, 2.05) is 38.3 Å². The topological polar surface area (TPSA) is 75.3 Å². The Morgan fingerprint density at radius 3 is 1.47 bits per heavy atom. The van der Waals surface area contributed by atoms with Gasteiger partial charge in [0.15, 0.2) is 0 Å². The van der Waals surface area contributed by atoms with E-state index in [9.17, 15) is 0 Å². The van der Waals surface area contributed by atoms with Crippen molar-refractivity contribution < 1.29 is 13.0 Å². The van der Waals surface area contributed by atoms with E-state index in [2.05, 4.69) is 0 Å². The predicted octanol–water partition coefficient (Wildman–Crippen LogP) is 2.27. The van der Waals surface area contributed by atoms with Gasteiger partial charge in [-0.2, -0.15) is 10.5 Å². The van der Waals surface area contributed by atoms with Crippen LogP contribution in [-0.2, 0) is 13.0 Å². The molecule has 5 nitrogen and oxygen atoms in total. The van der Waals surface area contributed by atoms with Crippen molar-refractivity contribution in [3.8, 4) is 12.1 Å². The summed E-state index contributed by atoms with van der Waals surface area (Å²) in [6, 6.07) is 4.06. The molecule has 0 aliphatic heterocycles. The quantitative estimate of drug-likeness (QED) is 0.500. The molecule has 0 heterocycles. The minimum absolute atomic E-state index is 0.372. The number of nitriles is 2. The lowest BCUT2D eigenvalue weighted by Gasteiger charge is -2.32. The highest BCUT2D eigenvalue weighted by molar-refractivity contribution is 6.78. The monoisotopic (exact) mass is 272 g/mol. The van der Waals surface area contributed by atoms with Gasteiger partial charge in [0.25, 0.3) is 0 Å². The molecule has 0 fully saturated rings. The highest BCUT2D eigenvalue weighted by Gasteiger charge is 2.36. The van der Waals surface area contributed by atoms with Crippen molar-refractivity contribution in [2.24, 2.45) is 0 Å². The van der Waals surface area contributed by atoms with Crippen molar-refractivity contribution in [2.75, 3.05) is 13.2 Å². The molecule has 0 unspecified atom stereocenters. The van der Waals surface area contributed by atoms with E-state index in [0.717, 1.165) is 0 Å². The predicted molar refractivity (Wildman–Crippen MR) is 68.4 cm³/mol. The van der Waals surface area contributed by atoms with Gasteiger partial charge >= 0.3 is 17.1 Å². The van der Waals surface area contributed by atoms with Crippen LogP contribution in [0.5, 0.6) is 0 Å². The zero-order valence-electron chi connectivity index (χ0n) is 10.9. The molecule has 96 valence electrons. The second-order valence-corrected chi connectivity index (χ2v) is 11.4. The highest BCUT2D eigenvalue weighted by atomic mass is 28.5. The first kappa shape index (κ1) is 16.3. The fourth-order valence-corrected chi connectivity index (χ4v) is 7.73. The minimum atomic E-state index is -2.23. The number of rotatable bonds is 8. The van der Waals surface area contributed by atoms with Crippen molar-refractivity contribution in [1.82, 2.24) is 0 Å². The Morgan fingerprint density at radius 2 is 1.18 bits per heavy atom. The smallest absolute Gasteiger partial charge is 0.322 e. The summed E-state index contributed by atoms with van der Waals surface area (Å²) in [5.74, 6) is 0. The average molecular weight is 272 g/mol. The van der Waals surface area contributed by atoms with E-state index < -0.39 is 17.1 Å². The third kappa shape index (κ3) is 9.04. The van der Waals surface area contributed by atoms with E-state index in [4.69, 9.17) is 23.5 Å². The van der Waals surface area contributed by atoms with Crippen molar-refractivity contribution in [1.29, 1.82) is 10.5 Å². The van der Waals surface area contributed by atoms with Gasteiger partial charge in [0.05, 0.1) is 25.0 Å². The van der Waals surface area contributed by atoms with Gasteiger partial charge < -0.3 is 13.0 Å². The van der Waals surface area contributed by atoms with Crippen LogP contribution in [-0.4, -0.2) is 30.3 Å². The Kier molecular flexibility index (Phi) is 7.27. The lowest BCUT2D eigenvalue weighted by Crippen LogP contribution is -2.48. The molecule has 0 aromatic rings. The van der Waals surface area contributed by atoms with Crippen molar-refractivity contribution >= 4 is 17.1 Å². The fraction of sp³-hybridized carbons (Fsp3) is 0.800. The molecule has 7 heteroatoms. The van der Waals surface area contributed by atoms with Crippen LogP contribution in [0.2, 0.25) is 26.2 Å². The van der Waals surface area contributed by atoms with Gasteiger partial charge in [-0.25, -0.2) is 0 Å². The van der Waals surface area contributed by atoms with E-state index in [-0.39, 0.29) is 0 Å². The molecule has 0 rings (SSSR count). The molecule has 0 N–H and O–H groups in total. The van der Waals surface area contributed by atoms with Crippen LogP contribution in [0, 0.1) is 22.7 Å². The summed E-state index contributed by atoms with van der Waals surface area (Å²) in [4.78, 5) is 0. The van der Waals surface area contributed by atoms with Gasteiger partial charge in [-0.15, -0.1) is 0 Å². The summed E-state index contributed by atoms with van der Waals surface area (Å²) in [6.45, 7) is 8.55. The van der Waals surface area contributed by atoms with E-state index >= 15 is 0 Å². The highest BCUT2D eigenvalue weighted by Crippen LogP contribution is 2.17. The van der Waals surface area contributed by atoms with Gasteiger partial charge in [-0.05, 0) is 26.2 Å². The first-order valence-electron chi connectivity index (χ1n) is 5.55. The molecule has 0 radical (unpaired) electrons. The Labute approximate surface area is 105 Å². The first-order valence-corrected chi connectivity index (χ1v) is 11.2. The van der Waals surface area contributed by atoms with Crippen molar-refractivity contribution in [3.05, 3.63) is 0 Å². The second kappa shape index (κ2) is 7.59.